The van der Waals surface area contributed by atoms with Crippen LogP contribution in [0.3, 0.4) is 0 Å². The second kappa shape index (κ2) is 60.9. The van der Waals surface area contributed by atoms with Crippen molar-refractivity contribution < 1.29 is 52.8 Å². The first-order valence-corrected chi connectivity index (χ1v) is 2.73. The smallest absolute Gasteiger partial charge is 1.00 e. The first-order valence-electron chi connectivity index (χ1n) is 1.58. The van der Waals surface area contributed by atoms with Gasteiger partial charge in [0.25, 0.3) is 0 Å². The molecule has 0 aromatic carbocycles. The van der Waals surface area contributed by atoms with Crippen LogP contribution >= 0.6 is 9.24 Å². The van der Waals surface area contributed by atoms with Crippen molar-refractivity contribution in [3.05, 3.63) is 0 Å². The van der Waals surface area contributed by atoms with Crippen LogP contribution in [0.25, 0.3) is 0 Å². The Hall–Kier alpha value is 2.07. The van der Waals surface area contributed by atoms with E-state index in [0.717, 1.165) is 0 Å². The number of hydrogen-bond acceptors (Lipinski definition) is 0. The Morgan fingerprint density at radius 2 is 1.17 bits per heavy atom. The van der Waals surface area contributed by atoms with E-state index in [9.17, 15) is 0 Å². The van der Waals surface area contributed by atoms with E-state index in [-0.39, 0.29) is 60.2 Å². The molecule has 6 heavy (non-hydrogen) atoms. The molecule has 0 aliphatic carbocycles. The van der Waals surface area contributed by atoms with Crippen LogP contribution in [0.15, 0.2) is 0 Å². The van der Waals surface area contributed by atoms with Crippen molar-refractivity contribution in [3.63, 3.8) is 0 Å². The van der Waals surface area contributed by atoms with Crippen molar-refractivity contribution in [1.82, 2.24) is 0 Å². The zero-order chi connectivity index (χ0) is 4.00. The summed E-state index contributed by atoms with van der Waals surface area (Å²) in [6.07, 6.45) is 0. The van der Waals surface area contributed by atoms with Gasteiger partial charge in [-0.2, -0.15) is 0 Å². The SMILES string of the molecule is C.CC.CP.[2H-].[K+]. The molecule has 0 spiro atoms. The van der Waals surface area contributed by atoms with Crippen molar-refractivity contribution in [2.45, 2.75) is 21.3 Å². The summed E-state index contributed by atoms with van der Waals surface area (Å²) in [5.41, 5.74) is 0. The Morgan fingerprint density at radius 1 is 1.17 bits per heavy atom. The van der Waals surface area contributed by atoms with Gasteiger partial charge in [-0.3, -0.25) is 0 Å². The summed E-state index contributed by atoms with van der Waals surface area (Å²) in [7, 11) is 2.42. The van der Waals surface area contributed by atoms with Crippen molar-refractivity contribution in [2.24, 2.45) is 0 Å². The molecule has 0 saturated carbocycles. The van der Waals surface area contributed by atoms with Gasteiger partial charge in [0.2, 0.25) is 0 Å². The van der Waals surface area contributed by atoms with Gasteiger partial charge in [-0.25, -0.2) is 0 Å². The predicted molar refractivity (Wildman–Crippen MR) is 34.8 cm³/mol. The largest absolute Gasteiger partial charge is 1.00 e. The first kappa shape index (κ1) is 24.4. The van der Waals surface area contributed by atoms with Crippen LogP contribution < -0.4 is 51.4 Å². The molecule has 1 unspecified atom stereocenters. The van der Waals surface area contributed by atoms with Crippen LogP contribution in [-0.4, -0.2) is 6.66 Å². The Bertz CT molecular complexity index is 11.7. The molecular formula is C4H16KP. The van der Waals surface area contributed by atoms with Gasteiger partial charge in [-0.05, 0) is 0 Å². The van der Waals surface area contributed by atoms with E-state index in [0.29, 0.717) is 0 Å². The van der Waals surface area contributed by atoms with Crippen LogP contribution in [0.1, 0.15) is 22.7 Å². The third-order valence-electron chi connectivity index (χ3n) is 0. The van der Waals surface area contributed by atoms with E-state index in [1.165, 1.54) is 0 Å². The standard InChI is InChI=1S/C2H6.CH5P.CH4.K.H/c2*1-2;;;/h1-2H3;2H2,1H3;1H4;;/q;;;+1;-1/i;;;;1+1. The van der Waals surface area contributed by atoms with Crippen LogP contribution in [0, 0.1) is 0 Å². The Kier molecular flexibility index (Phi) is 247. The van der Waals surface area contributed by atoms with E-state index in [1.54, 1.807) is 0 Å². The van der Waals surface area contributed by atoms with Gasteiger partial charge in [-0.15, -0.1) is 9.24 Å². The Balaban J connectivity index is -0.00000000267. The van der Waals surface area contributed by atoms with Gasteiger partial charge in [0.05, 0.1) is 0 Å². The van der Waals surface area contributed by atoms with Crippen LogP contribution in [0.5, 0.6) is 0 Å². The average molecular weight is 135 g/mol. The number of rotatable bonds is 0. The average Bonchev–Trinajstić information content (AvgIpc) is 1.50. The Labute approximate surface area is 88.6 Å². The molecule has 0 aromatic rings. The van der Waals surface area contributed by atoms with E-state index in [4.69, 9.17) is 0 Å². The summed E-state index contributed by atoms with van der Waals surface area (Å²) in [4.78, 5) is 0. The topological polar surface area (TPSA) is 0 Å². The molecule has 2 heteroatoms. The van der Waals surface area contributed by atoms with E-state index in [2.05, 4.69) is 9.24 Å². The van der Waals surface area contributed by atoms with Crippen molar-refractivity contribution in [2.75, 3.05) is 6.66 Å². The summed E-state index contributed by atoms with van der Waals surface area (Å²) < 4.78 is 0. The molecule has 0 heterocycles. The van der Waals surface area contributed by atoms with Crippen molar-refractivity contribution >= 4 is 9.24 Å². The normalized spacial score (nSPS) is 2.00. The van der Waals surface area contributed by atoms with Gasteiger partial charge >= 0.3 is 51.4 Å². The fourth-order valence-corrected chi connectivity index (χ4v) is 0. The second-order valence-electron chi connectivity index (χ2n) is 0. The molecule has 0 aliphatic heterocycles. The molecule has 38 valence electrons. The molecule has 0 saturated heterocycles. The summed E-state index contributed by atoms with van der Waals surface area (Å²) in [5.74, 6) is 0. The van der Waals surface area contributed by atoms with E-state index in [1.807, 2.05) is 20.5 Å². The van der Waals surface area contributed by atoms with Gasteiger partial charge in [-0.1, -0.05) is 27.9 Å². The van der Waals surface area contributed by atoms with Gasteiger partial charge < -0.3 is 1.43 Å². The molecule has 1 atom stereocenters. The monoisotopic (exact) mass is 135 g/mol. The molecule has 0 aromatic heterocycles. The van der Waals surface area contributed by atoms with Crippen molar-refractivity contribution in [1.29, 1.82) is 0 Å². The maximum Gasteiger partial charge on any atom is 1.00 e. The molecule has 0 aliphatic rings. The first-order chi connectivity index (χ1) is 2.00. The molecule has 0 rings (SSSR count). The van der Waals surface area contributed by atoms with Gasteiger partial charge in [0.1, 0.15) is 0 Å². The van der Waals surface area contributed by atoms with E-state index < -0.39 is 0 Å². The summed E-state index contributed by atoms with van der Waals surface area (Å²) in [6, 6.07) is 0. The van der Waals surface area contributed by atoms with Crippen LogP contribution in [0.4, 0.5) is 0 Å². The minimum Gasteiger partial charge on any atom is -1.00 e. The summed E-state index contributed by atoms with van der Waals surface area (Å²) in [6.45, 7) is 5.92. The zero-order valence-corrected chi connectivity index (χ0v) is 8.86. The quantitative estimate of drug-likeness (QED) is 0.303. The molecule has 0 nitrogen and oxygen atoms in total. The predicted octanol–water partition coefficient (Wildman–Crippen LogP) is -0.730. The molecular weight excluding hydrogens is 118 g/mol. The van der Waals surface area contributed by atoms with Gasteiger partial charge in [0.15, 0.2) is 0 Å². The minimum atomic E-state index is 0. The molecule has 0 fully saturated rings. The van der Waals surface area contributed by atoms with Crippen molar-refractivity contribution in [3.8, 4) is 0 Å². The second-order valence-corrected chi connectivity index (χ2v) is 0. The Morgan fingerprint density at radius 3 is 1.17 bits per heavy atom. The zero-order valence-electron chi connectivity index (χ0n) is 5.58. The van der Waals surface area contributed by atoms with E-state index >= 15 is 0 Å². The molecule has 0 N–H and O–H groups in total. The third kappa shape index (κ3) is 36.5. The molecule has 0 bridgehead atoms. The fraction of sp³-hybridized carbons (Fsp3) is 1.00. The third-order valence-corrected chi connectivity index (χ3v) is 0. The maximum absolute atomic E-state index is 2.42. The molecule has 0 radical (unpaired) electrons. The fourth-order valence-electron chi connectivity index (χ4n) is 0. The number of hydrogen-bond donors (Lipinski definition) is 0. The van der Waals surface area contributed by atoms with Gasteiger partial charge in [0, 0.05) is 0 Å². The van der Waals surface area contributed by atoms with Crippen LogP contribution in [-0.2, 0) is 0 Å². The summed E-state index contributed by atoms with van der Waals surface area (Å²) >= 11 is 0. The maximum atomic E-state index is 2.42. The minimum absolute atomic E-state index is 0. The summed E-state index contributed by atoms with van der Waals surface area (Å²) in [5, 5.41) is 0. The molecule has 0 amide bonds. The van der Waals surface area contributed by atoms with Crippen LogP contribution in [0.2, 0.25) is 0 Å².